The summed E-state index contributed by atoms with van der Waals surface area (Å²) in [5, 5.41) is 0. The molecule has 6 heteroatoms. The molecule has 0 N–H and O–H groups in total. The first-order valence-corrected chi connectivity index (χ1v) is 5.64. The number of benzene rings is 2. The molecule has 0 heterocycles. The molecule has 0 aliphatic carbocycles. The Morgan fingerprint density at radius 2 is 1.15 bits per heavy atom. The van der Waals surface area contributed by atoms with Crippen LogP contribution >= 0.6 is 0 Å². The van der Waals surface area contributed by atoms with Crippen molar-refractivity contribution >= 4 is 13.3 Å². The summed E-state index contributed by atoms with van der Waals surface area (Å²) in [4.78, 5) is 0. The van der Waals surface area contributed by atoms with Gasteiger partial charge in [-0.3, -0.25) is 0 Å². The van der Waals surface area contributed by atoms with Crippen LogP contribution in [0.5, 0.6) is 0 Å². The molecule has 2 rings (SSSR count). The van der Waals surface area contributed by atoms with Gasteiger partial charge in [0.2, 0.25) is 0 Å². The molecule has 0 saturated heterocycles. The van der Waals surface area contributed by atoms with Crippen molar-refractivity contribution in [2.45, 2.75) is 13.8 Å². The number of hydrogen-bond donors (Lipinski definition) is 0. The van der Waals surface area contributed by atoms with Crippen LogP contribution in [0.15, 0.2) is 12.1 Å². The Kier molecular flexibility index (Phi) is 3.58. The lowest BCUT2D eigenvalue weighted by molar-refractivity contribution is 0.529. The van der Waals surface area contributed by atoms with Crippen LogP contribution in [0, 0.1) is 42.9 Å². The summed E-state index contributed by atoms with van der Waals surface area (Å²) in [6.45, 7) is 2.30. The average molecular weight is 282 g/mol. The molecule has 102 valence electrons. The Morgan fingerprint density at radius 1 is 0.700 bits per heavy atom. The molecule has 0 aromatic heterocycles. The van der Waals surface area contributed by atoms with E-state index in [1.165, 1.54) is 6.92 Å². The third-order valence-corrected chi connectivity index (χ3v) is 3.15. The topological polar surface area (TPSA) is 0 Å². The fraction of sp³-hybridized carbons (Fsp3) is 0.143. The molecule has 0 atom stereocenters. The van der Waals surface area contributed by atoms with Gasteiger partial charge in [0.15, 0.2) is 0 Å². The van der Waals surface area contributed by atoms with E-state index in [9.17, 15) is 22.0 Å². The minimum atomic E-state index is -1.38. The molecular formula is C14H8BF5. The van der Waals surface area contributed by atoms with E-state index >= 15 is 0 Å². The molecular weight excluding hydrogens is 274 g/mol. The van der Waals surface area contributed by atoms with E-state index in [4.69, 9.17) is 7.85 Å². The van der Waals surface area contributed by atoms with Gasteiger partial charge >= 0.3 is 0 Å². The molecule has 2 aromatic carbocycles. The Bertz CT molecular complexity index is 648. The molecule has 0 bridgehead atoms. The van der Waals surface area contributed by atoms with E-state index in [0.717, 1.165) is 13.0 Å². The Hall–Kier alpha value is -1.85. The van der Waals surface area contributed by atoms with Gasteiger partial charge in [-0.1, -0.05) is 5.46 Å². The highest BCUT2D eigenvalue weighted by atomic mass is 19.2. The zero-order valence-corrected chi connectivity index (χ0v) is 10.6. The van der Waals surface area contributed by atoms with Crippen LogP contribution in [0.2, 0.25) is 0 Å². The monoisotopic (exact) mass is 282 g/mol. The molecule has 0 nitrogen and oxygen atoms in total. The summed E-state index contributed by atoms with van der Waals surface area (Å²) in [5.41, 5.74) is -2.67. The van der Waals surface area contributed by atoms with Crippen molar-refractivity contribution in [3.05, 3.63) is 52.3 Å². The zero-order chi connectivity index (χ0) is 15.2. The molecule has 20 heavy (non-hydrogen) atoms. The van der Waals surface area contributed by atoms with Gasteiger partial charge in [-0.2, -0.15) is 0 Å². The van der Waals surface area contributed by atoms with Crippen LogP contribution in [0.25, 0.3) is 11.1 Å². The summed E-state index contributed by atoms with van der Waals surface area (Å²) >= 11 is 0. The lowest BCUT2D eigenvalue weighted by atomic mass is 9.87. The predicted molar refractivity (Wildman–Crippen MR) is 66.5 cm³/mol. The highest BCUT2D eigenvalue weighted by molar-refractivity contribution is 6.33. The van der Waals surface area contributed by atoms with Gasteiger partial charge < -0.3 is 0 Å². The first-order chi connectivity index (χ1) is 9.25. The van der Waals surface area contributed by atoms with Gasteiger partial charge in [-0.05, 0) is 25.5 Å². The van der Waals surface area contributed by atoms with Crippen LogP contribution in [0.4, 0.5) is 22.0 Å². The summed E-state index contributed by atoms with van der Waals surface area (Å²) in [6.07, 6.45) is 0. The molecule has 2 aromatic rings. The first-order valence-electron chi connectivity index (χ1n) is 5.64. The van der Waals surface area contributed by atoms with Crippen LogP contribution in [0.1, 0.15) is 11.1 Å². The van der Waals surface area contributed by atoms with Crippen LogP contribution < -0.4 is 5.46 Å². The summed E-state index contributed by atoms with van der Waals surface area (Å²) in [7, 11) is 5.37. The van der Waals surface area contributed by atoms with Gasteiger partial charge in [0.05, 0.1) is 11.1 Å². The molecule has 0 spiro atoms. The second-order valence-corrected chi connectivity index (χ2v) is 4.42. The second kappa shape index (κ2) is 4.92. The van der Waals surface area contributed by atoms with Crippen molar-refractivity contribution in [1.29, 1.82) is 0 Å². The quantitative estimate of drug-likeness (QED) is 0.555. The molecule has 0 aliphatic rings. The largest absolute Gasteiger partial charge is 0.206 e. The molecule has 0 saturated carbocycles. The Morgan fingerprint density at radius 3 is 1.70 bits per heavy atom. The normalized spacial score (nSPS) is 10.9. The van der Waals surface area contributed by atoms with E-state index in [1.54, 1.807) is 0 Å². The van der Waals surface area contributed by atoms with Gasteiger partial charge in [-0.15, -0.1) is 0 Å². The lowest BCUT2D eigenvalue weighted by Crippen LogP contribution is -2.13. The third-order valence-electron chi connectivity index (χ3n) is 3.15. The maximum Gasteiger partial charge on any atom is 0.140 e. The van der Waals surface area contributed by atoms with Gasteiger partial charge in [0.25, 0.3) is 0 Å². The van der Waals surface area contributed by atoms with Crippen LogP contribution in [-0.4, -0.2) is 7.85 Å². The molecule has 0 unspecified atom stereocenters. The average Bonchev–Trinajstić information content (AvgIpc) is 2.37. The summed E-state index contributed by atoms with van der Waals surface area (Å²) < 4.78 is 68.8. The first kappa shape index (κ1) is 14.6. The van der Waals surface area contributed by atoms with Crippen LogP contribution in [-0.2, 0) is 0 Å². The number of hydrogen-bond acceptors (Lipinski definition) is 0. The van der Waals surface area contributed by atoms with Crippen molar-refractivity contribution in [2.75, 3.05) is 0 Å². The zero-order valence-electron chi connectivity index (χ0n) is 10.6. The van der Waals surface area contributed by atoms with E-state index in [2.05, 4.69) is 0 Å². The fourth-order valence-corrected chi connectivity index (χ4v) is 1.88. The van der Waals surface area contributed by atoms with E-state index in [1.807, 2.05) is 0 Å². The highest BCUT2D eigenvalue weighted by Crippen LogP contribution is 2.33. The maximum absolute atomic E-state index is 14.1. The predicted octanol–water partition coefficient (Wildman–Crippen LogP) is 3.46. The van der Waals surface area contributed by atoms with Gasteiger partial charge in [0, 0.05) is 11.6 Å². The maximum atomic E-state index is 14.1. The smallest absolute Gasteiger partial charge is 0.140 e. The fourth-order valence-electron chi connectivity index (χ4n) is 1.88. The van der Waals surface area contributed by atoms with Crippen molar-refractivity contribution < 1.29 is 22.0 Å². The number of halogens is 5. The van der Waals surface area contributed by atoms with Crippen molar-refractivity contribution in [3.63, 3.8) is 0 Å². The second-order valence-electron chi connectivity index (χ2n) is 4.42. The molecule has 0 aliphatic heterocycles. The summed E-state index contributed by atoms with van der Waals surface area (Å²) in [5.74, 6) is -6.24. The minimum absolute atomic E-state index is 0.137. The van der Waals surface area contributed by atoms with E-state index in [0.29, 0.717) is 6.07 Å². The van der Waals surface area contributed by atoms with E-state index in [-0.39, 0.29) is 11.0 Å². The molecule has 0 fully saturated rings. The molecule has 0 amide bonds. The van der Waals surface area contributed by atoms with Crippen LogP contribution in [0.3, 0.4) is 0 Å². The van der Waals surface area contributed by atoms with Crippen molar-refractivity contribution in [2.24, 2.45) is 0 Å². The van der Waals surface area contributed by atoms with E-state index < -0.39 is 45.8 Å². The Labute approximate surface area is 113 Å². The third kappa shape index (κ3) is 2.09. The highest BCUT2D eigenvalue weighted by Gasteiger charge is 2.24. The summed E-state index contributed by atoms with van der Waals surface area (Å²) in [6, 6.07) is 1.16. The van der Waals surface area contributed by atoms with Gasteiger partial charge in [0.1, 0.15) is 36.9 Å². The number of rotatable bonds is 1. The standard InChI is InChI=1S/C14H8BF5/c1-5-7(15)3-9(17)11(13(5)19)12-10(18)4-8(16)6(2)14(12)20/h3-4H,1-2H3. The van der Waals surface area contributed by atoms with Gasteiger partial charge in [-0.25, -0.2) is 22.0 Å². The van der Waals surface area contributed by atoms with Crippen molar-refractivity contribution in [3.8, 4) is 11.1 Å². The lowest BCUT2D eigenvalue weighted by Gasteiger charge is -2.13. The SMILES string of the molecule is [B]c1cc(F)c(-c2c(F)cc(F)c(C)c2F)c(F)c1C. The Balaban J connectivity index is 2.90. The van der Waals surface area contributed by atoms with Crippen molar-refractivity contribution in [1.82, 2.24) is 0 Å². The molecule has 2 radical (unpaired) electrons. The minimum Gasteiger partial charge on any atom is -0.206 e.